The molecule has 0 unspecified atom stereocenters. The molecule has 1 aliphatic heterocycles. The Hall–Kier alpha value is 1.38. The minimum Gasteiger partial charge on any atom is -0.245 e. The third-order valence-electron chi connectivity index (χ3n) is 1.98. The Labute approximate surface area is 96.7 Å². The molecule has 4 heteroatoms. The van der Waals surface area contributed by atoms with E-state index in [0.29, 0.717) is 0 Å². The van der Waals surface area contributed by atoms with Gasteiger partial charge in [-0.15, -0.1) is 0 Å². The van der Waals surface area contributed by atoms with Gasteiger partial charge in [0.15, 0.2) is 0 Å². The Balaban J connectivity index is 2.34. The summed E-state index contributed by atoms with van der Waals surface area (Å²) in [4.78, 5) is 0. The molecule has 1 rings (SSSR count). The summed E-state index contributed by atoms with van der Waals surface area (Å²) in [5, 5.41) is 0. The van der Waals surface area contributed by atoms with Crippen LogP contribution in [0.1, 0.15) is 19.8 Å². The molecule has 2 nitrogen and oxygen atoms in total. The number of rotatable bonds is 2. The molecule has 0 saturated carbocycles. The summed E-state index contributed by atoms with van der Waals surface area (Å²) < 4.78 is 4.85. The van der Waals surface area contributed by atoms with E-state index < -0.39 is 0 Å². The molecule has 1 saturated heterocycles. The second-order valence-electron chi connectivity index (χ2n) is 2.93. The fraction of sp³-hybridized carbons (Fsp3) is 1.00. The van der Waals surface area contributed by atoms with E-state index in [2.05, 4.69) is 58.9 Å². The van der Waals surface area contributed by atoms with E-state index in [4.69, 9.17) is 0 Å². The Morgan fingerprint density at radius 3 is 2.73 bits per heavy atom. The van der Waals surface area contributed by atoms with Crippen LogP contribution in [0.5, 0.6) is 0 Å². The first-order valence-corrected chi connectivity index (χ1v) is 6.00. The van der Waals surface area contributed by atoms with Gasteiger partial charge in [0, 0.05) is 71.4 Å². The van der Waals surface area contributed by atoms with Gasteiger partial charge in [0.1, 0.15) is 0 Å². The summed E-state index contributed by atoms with van der Waals surface area (Å²) in [7, 11) is 0. The van der Waals surface area contributed by atoms with Gasteiger partial charge in [-0.3, -0.25) is 0 Å². The maximum atomic E-state index is 2.46. The van der Waals surface area contributed by atoms with Gasteiger partial charge in [0.05, 0.1) is 0 Å². The quantitative estimate of drug-likeness (QED) is 0.537. The van der Waals surface area contributed by atoms with Gasteiger partial charge in [-0.1, -0.05) is 13.3 Å². The lowest BCUT2D eigenvalue weighted by Gasteiger charge is -2.34. The summed E-state index contributed by atoms with van der Waals surface area (Å²) in [5.41, 5.74) is 0. The van der Waals surface area contributed by atoms with Gasteiger partial charge in [-0.2, -0.15) is 0 Å². The standard InChI is InChI=1S/C7H14I2N2/c1-2-3-7-6-10(8)4-5-11(7)9/h7H,2-6H2,1H3/t7-/m1/s1. The topological polar surface area (TPSA) is 6.48 Å². The fourth-order valence-corrected chi connectivity index (χ4v) is 2.70. The van der Waals surface area contributed by atoms with Crippen LogP contribution in [0.4, 0.5) is 0 Å². The molecular formula is C7H14I2N2. The molecule has 0 aromatic carbocycles. The Morgan fingerprint density at radius 1 is 1.36 bits per heavy atom. The Morgan fingerprint density at radius 2 is 2.09 bits per heavy atom. The summed E-state index contributed by atoms with van der Waals surface area (Å²) >= 11 is 4.88. The number of hydrogen-bond donors (Lipinski definition) is 0. The highest BCUT2D eigenvalue weighted by Gasteiger charge is 2.22. The third-order valence-corrected chi connectivity index (χ3v) is 4.13. The van der Waals surface area contributed by atoms with Crippen molar-refractivity contribution in [1.29, 1.82) is 0 Å². The summed E-state index contributed by atoms with van der Waals surface area (Å²) in [6, 6.07) is 0.784. The van der Waals surface area contributed by atoms with Crippen LogP contribution in [0.25, 0.3) is 0 Å². The van der Waals surface area contributed by atoms with E-state index >= 15 is 0 Å². The summed E-state index contributed by atoms with van der Waals surface area (Å²) in [6.07, 6.45) is 2.64. The number of halogens is 2. The van der Waals surface area contributed by atoms with E-state index in [0.717, 1.165) is 6.04 Å². The summed E-state index contributed by atoms with van der Waals surface area (Å²) in [5.74, 6) is 0. The molecule has 11 heavy (non-hydrogen) atoms. The van der Waals surface area contributed by atoms with Crippen LogP contribution in [0.2, 0.25) is 0 Å². The lowest BCUT2D eigenvalue weighted by Crippen LogP contribution is -2.44. The van der Waals surface area contributed by atoms with Crippen LogP contribution in [0.3, 0.4) is 0 Å². The second-order valence-corrected chi connectivity index (χ2v) is 5.54. The highest BCUT2D eigenvalue weighted by molar-refractivity contribution is 14.1. The van der Waals surface area contributed by atoms with E-state index in [1.807, 2.05) is 0 Å². The normalized spacial score (nSPS) is 29.2. The van der Waals surface area contributed by atoms with Crippen LogP contribution in [-0.4, -0.2) is 31.9 Å². The van der Waals surface area contributed by atoms with Gasteiger partial charge in [-0.05, 0) is 6.42 Å². The maximum Gasteiger partial charge on any atom is 0.0330 e. The van der Waals surface area contributed by atoms with Crippen LogP contribution >= 0.6 is 45.7 Å². The third kappa shape index (κ3) is 3.31. The molecule has 0 bridgehead atoms. The van der Waals surface area contributed by atoms with Crippen LogP contribution in [0.15, 0.2) is 0 Å². The largest absolute Gasteiger partial charge is 0.245 e. The van der Waals surface area contributed by atoms with Gasteiger partial charge < -0.3 is 0 Å². The average Bonchev–Trinajstić information content (AvgIpc) is 1.98. The molecule has 0 radical (unpaired) electrons. The van der Waals surface area contributed by atoms with Crippen molar-refractivity contribution in [3.05, 3.63) is 0 Å². The molecule has 66 valence electrons. The zero-order valence-electron chi connectivity index (χ0n) is 6.76. The SMILES string of the molecule is CCC[C@@H]1CN(I)CCN1I. The van der Waals surface area contributed by atoms with Crippen molar-refractivity contribution in [3.8, 4) is 0 Å². The highest BCUT2D eigenvalue weighted by Crippen LogP contribution is 2.19. The van der Waals surface area contributed by atoms with Crippen LogP contribution in [0, 0.1) is 0 Å². The van der Waals surface area contributed by atoms with Crippen LogP contribution < -0.4 is 0 Å². The Kier molecular flexibility index (Phi) is 4.93. The molecule has 1 fully saturated rings. The van der Waals surface area contributed by atoms with E-state index in [1.54, 1.807) is 0 Å². The van der Waals surface area contributed by atoms with E-state index in [-0.39, 0.29) is 0 Å². The molecule has 0 aromatic heterocycles. The molecule has 0 aromatic rings. The molecule has 1 atom stereocenters. The second kappa shape index (κ2) is 5.18. The summed E-state index contributed by atoms with van der Waals surface area (Å²) in [6.45, 7) is 5.92. The minimum absolute atomic E-state index is 0.784. The van der Waals surface area contributed by atoms with Crippen molar-refractivity contribution >= 4 is 45.7 Å². The van der Waals surface area contributed by atoms with Gasteiger partial charge in [0.2, 0.25) is 0 Å². The molecule has 1 aliphatic rings. The highest BCUT2D eigenvalue weighted by atomic mass is 127. The van der Waals surface area contributed by atoms with Crippen molar-refractivity contribution in [2.75, 3.05) is 19.6 Å². The number of nitrogens with zero attached hydrogens (tertiary/aromatic N) is 2. The lowest BCUT2D eigenvalue weighted by molar-refractivity contribution is 0.246. The molecule has 0 amide bonds. The zero-order valence-corrected chi connectivity index (χ0v) is 11.1. The van der Waals surface area contributed by atoms with E-state index in [1.165, 1.54) is 32.5 Å². The van der Waals surface area contributed by atoms with E-state index in [9.17, 15) is 0 Å². The van der Waals surface area contributed by atoms with Crippen molar-refractivity contribution in [3.63, 3.8) is 0 Å². The van der Waals surface area contributed by atoms with Crippen LogP contribution in [-0.2, 0) is 0 Å². The molecule has 0 aliphatic carbocycles. The van der Waals surface area contributed by atoms with Crippen molar-refractivity contribution in [1.82, 2.24) is 6.23 Å². The molecule has 0 spiro atoms. The molecule has 1 heterocycles. The number of piperazine rings is 1. The zero-order chi connectivity index (χ0) is 8.27. The predicted molar refractivity (Wildman–Crippen MR) is 65.0 cm³/mol. The molecule has 0 N–H and O–H groups in total. The first-order valence-electron chi connectivity index (χ1n) is 4.07. The molecular weight excluding hydrogens is 366 g/mol. The van der Waals surface area contributed by atoms with Crippen molar-refractivity contribution < 1.29 is 0 Å². The van der Waals surface area contributed by atoms with Crippen molar-refractivity contribution in [2.24, 2.45) is 0 Å². The van der Waals surface area contributed by atoms with Crippen molar-refractivity contribution in [2.45, 2.75) is 25.8 Å². The van der Waals surface area contributed by atoms with Gasteiger partial charge in [0.25, 0.3) is 0 Å². The maximum absolute atomic E-state index is 2.46. The fourth-order valence-electron chi connectivity index (χ4n) is 1.36. The Bertz CT molecular complexity index is 121. The van der Waals surface area contributed by atoms with Gasteiger partial charge in [-0.25, -0.2) is 6.23 Å². The smallest absolute Gasteiger partial charge is 0.0330 e. The first kappa shape index (κ1) is 10.5. The predicted octanol–water partition coefficient (Wildman–Crippen LogP) is 2.47. The number of hydrogen-bond acceptors (Lipinski definition) is 2. The van der Waals surface area contributed by atoms with Gasteiger partial charge >= 0.3 is 0 Å². The minimum atomic E-state index is 0.784. The first-order chi connectivity index (χ1) is 5.24. The monoisotopic (exact) mass is 380 g/mol. The average molecular weight is 380 g/mol. The lowest BCUT2D eigenvalue weighted by atomic mass is 10.1.